The summed E-state index contributed by atoms with van der Waals surface area (Å²) in [4.78, 5) is 83.5. The van der Waals surface area contributed by atoms with Gasteiger partial charge in [-0.2, -0.15) is 0 Å². The van der Waals surface area contributed by atoms with Gasteiger partial charge in [-0.15, -0.1) is 0 Å². The van der Waals surface area contributed by atoms with E-state index in [-0.39, 0.29) is 42.1 Å². The zero-order chi connectivity index (χ0) is 43.1. The molecule has 60 heavy (non-hydrogen) atoms. The third kappa shape index (κ3) is 9.62. The van der Waals surface area contributed by atoms with Crippen LogP contribution in [0, 0.1) is 29.6 Å². The molecule has 1 unspecified atom stereocenters. The van der Waals surface area contributed by atoms with E-state index in [1.54, 1.807) is 29.2 Å². The van der Waals surface area contributed by atoms with Gasteiger partial charge in [-0.05, 0) is 66.5 Å². The third-order valence-electron chi connectivity index (χ3n) is 11.1. The van der Waals surface area contributed by atoms with Crippen molar-refractivity contribution in [1.82, 2.24) is 45.7 Å². The van der Waals surface area contributed by atoms with E-state index in [1.807, 2.05) is 76.2 Å². The van der Waals surface area contributed by atoms with Crippen LogP contribution < -0.4 is 16.0 Å². The van der Waals surface area contributed by atoms with Crippen molar-refractivity contribution < 1.29 is 33.4 Å². The number of imidazole rings is 2. The van der Waals surface area contributed by atoms with Crippen LogP contribution in [0.15, 0.2) is 60.9 Å². The Morgan fingerprint density at radius 3 is 1.63 bits per heavy atom. The van der Waals surface area contributed by atoms with Gasteiger partial charge in [0.15, 0.2) is 0 Å². The fourth-order valence-corrected chi connectivity index (χ4v) is 7.72. The lowest BCUT2D eigenvalue weighted by molar-refractivity contribution is -0.136. The van der Waals surface area contributed by atoms with Gasteiger partial charge in [0.1, 0.15) is 23.7 Å². The Bertz CT molecular complexity index is 2240. The summed E-state index contributed by atoms with van der Waals surface area (Å²) >= 11 is 0. The zero-order valence-electron chi connectivity index (χ0n) is 35.0. The predicted octanol–water partition coefficient (Wildman–Crippen LogP) is 4.93. The second kappa shape index (κ2) is 19.0. The lowest BCUT2D eigenvalue weighted by Gasteiger charge is -2.30. The number of amides is 5. The number of carbonyl (C=O) groups is 5. The molecule has 2 aliphatic rings. The van der Waals surface area contributed by atoms with Crippen molar-refractivity contribution in [2.45, 2.75) is 71.1 Å². The molecule has 316 valence electrons. The first-order chi connectivity index (χ1) is 28.8. The van der Waals surface area contributed by atoms with Gasteiger partial charge in [0.25, 0.3) is 0 Å². The summed E-state index contributed by atoms with van der Waals surface area (Å²) in [5.41, 5.74) is 5.01. The molecular weight excluding hydrogens is 767 g/mol. The monoisotopic (exact) mass is 819 g/mol. The van der Waals surface area contributed by atoms with Gasteiger partial charge in [-0.3, -0.25) is 14.4 Å². The van der Waals surface area contributed by atoms with Crippen molar-refractivity contribution in [3.63, 3.8) is 0 Å². The molecule has 2 aromatic carbocycles. The summed E-state index contributed by atoms with van der Waals surface area (Å²) in [5.74, 6) is 6.28. The molecule has 16 nitrogen and oxygen atoms in total. The van der Waals surface area contributed by atoms with Crippen molar-refractivity contribution in [2.24, 2.45) is 17.8 Å². The second-order valence-corrected chi connectivity index (χ2v) is 15.7. The van der Waals surface area contributed by atoms with Crippen LogP contribution in [-0.4, -0.2) is 106 Å². The van der Waals surface area contributed by atoms with Crippen LogP contribution in [0.25, 0.3) is 22.5 Å². The first-order valence-electron chi connectivity index (χ1n) is 20.2. The molecule has 16 heteroatoms. The molecule has 5 amide bonds. The highest BCUT2D eigenvalue weighted by atomic mass is 16.5. The maximum Gasteiger partial charge on any atom is 0.407 e. The molecule has 4 aromatic rings. The average molecular weight is 820 g/mol. The van der Waals surface area contributed by atoms with E-state index in [0.29, 0.717) is 24.6 Å². The molecule has 0 aliphatic carbocycles. The Labute approximate surface area is 349 Å². The summed E-state index contributed by atoms with van der Waals surface area (Å²) in [5, 5.41) is 8.01. The van der Waals surface area contributed by atoms with E-state index in [4.69, 9.17) is 9.47 Å². The van der Waals surface area contributed by atoms with E-state index in [2.05, 4.69) is 47.7 Å². The number of carbonyl (C=O) groups excluding carboxylic acids is 5. The van der Waals surface area contributed by atoms with Gasteiger partial charge in [-0.25, -0.2) is 19.6 Å². The normalized spacial score (nSPS) is 18.4. The first-order valence-corrected chi connectivity index (χ1v) is 20.2. The van der Waals surface area contributed by atoms with E-state index in [0.717, 1.165) is 46.5 Å². The summed E-state index contributed by atoms with van der Waals surface area (Å²) in [7, 11) is 4.09. The van der Waals surface area contributed by atoms with Crippen LogP contribution >= 0.6 is 0 Å². The average Bonchev–Trinajstić information content (AvgIpc) is 4.10. The number of nitrogens with zero attached hydrogens (tertiary/aromatic N) is 4. The number of methoxy groups -OCH3 is 2. The smallest absolute Gasteiger partial charge is 0.407 e. The lowest BCUT2D eigenvalue weighted by Crippen LogP contribution is -2.51. The minimum atomic E-state index is -0.842. The highest BCUT2D eigenvalue weighted by molar-refractivity contribution is 5.88. The summed E-state index contributed by atoms with van der Waals surface area (Å²) in [6.45, 7) is 8.21. The van der Waals surface area contributed by atoms with Crippen LogP contribution in [0.5, 0.6) is 0 Å². The van der Waals surface area contributed by atoms with Crippen LogP contribution in [-0.2, 0) is 23.9 Å². The van der Waals surface area contributed by atoms with Crippen molar-refractivity contribution in [3.05, 3.63) is 83.7 Å². The predicted molar refractivity (Wildman–Crippen MR) is 223 cm³/mol. The van der Waals surface area contributed by atoms with Gasteiger partial charge in [-0.1, -0.05) is 63.8 Å². The fraction of sp³-hybridized carbons (Fsp3) is 0.432. The fourth-order valence-electron chi connectivity index (χ4n) is 7.72. The second-order valence-electron chi connectivity index (χ2n) is 15.7. The first kappa shape index (κ1) is 43.0. The molecule has 4 heterocycles. The van der Waals surface area contributed by atoms with Crippen molar-refractivity contribution in [1.29, 1.82) is 0 Å². The molecule has 5 N–H and O–H groups in total. The molecule has 2 aromatic heterocycles. The van der Waals surface area contributed by atoms with E-state index in [9.17, 15) is 24.0 Å². The van der Waals surface area contributed by atoms with Crippen LogP contribution in [0.2, 0.25) is 0 Å². The molecule has 0 radical (unpaired) electrons. The number of aromatic amines is 2. The number of hydrogen-bond donors (Lipinski definition) is 5. The van der Waals surface area contributed by atoms with Crippen molar-refractivity contribution in [3.8, 4) is 34.4 Å². The van der Waals surface area contributed by atoms with Crippen LogP contribution in [0.3, 0.4) is 0 Å². The quantitative estimate of drug-likeness (QED) is 0.130. The van der Waals surface area contributed by atoms with Gasteiger partial charge in [0, 0.05) is 31.3 Å². The van der Waals surface area contributed by atoms with E-state index >= 15 is 0 Å². The number of alkyl carbamates (subject to hydrolysis) is 2. The van der Waals surface area contributed by atoms with Gasteiger partial charge < -0.3 is 45.2 Å². The minimum absolute atomic E-state index is 0.118. The van der Waals surface area contributed by atoms with Crippen LogP contribution in [0.1, 0.15) is 81.8 Å². The Balaban J connectivity index is 1.11. The number of likely N-dealkylation sites (tertiary alicyclic amines) is 2. The number of nitrogens with one attached hydrogen (secondary N) is 5. The summed E-state index contributed by atoms with van der Waals surface area (Å²) in [6, 6.07) is 13.3. The summed E-state index contributed by atoms with van der Waals surface area (Å²) in [6.07, 6.45) is 4.11. The Hall–Kier alpha value is -6.63. The molecule has 0 saturated carbocycles. The Morgan fingerprint density at radius 1 is 0.717 bits per heavy atom. The Kier molecular flexibility index (Phi) is 13.6. The number of benzene rings is 2. The number of hydrogen-bond acceptors (Lipinski definition) is 9. The largest absolute Gasteiger partial charge is 0.453 e. The molecule has 0 bridgehead atoms. The Morgan fingerprint density at radius 2 is 1.18 bits per heavy atom. The SMILES string of the molecule is CNC(=O)C1C[C@@H](c2ncc(-c3ccc(C#Cc4ccc(-c5cnc([C@@H]6CCCN6C(=O)[C@@H](NC(=O)OC)C(C)C)[nH]5)cc4)cc3)[nH]2)N(C(=O)[C@@H](NC(=O)OC)C(C)C)C1. The molecule has 2 aliphatic heterocycles. The molecular formula is C44H53N9O7. The molecule has 0 spiro atoms. The van der Waals surface area contributed by atoms with Crippen LogP contribution in [0.4, 0.5) is 9.59 Å². The zero-order valence-corrected chi connectivity index (χ0v) is 35.0. The minimum Gasteiger partial charge on any atom is -0.453 e. The highest BCUT2D eigenvalue weighted by Gasteiger charge is 2.44. The van der Waals surface area contributed by atoms with E-state index < -0.39 is 36.2 Å². The number of ether oxygens (including phenoxy) is 2. The molecule has 2 saturated heterocycles. The highest BCUT2D eigenvalue weighted by Crippen LogP contribution is 2.37. The van der Waals surface area contributed by atoms with Gasteiger partial charge >= 0.3 is 12.2 Å². The number of rotatable bonds is 11. The van der Waals surface area contributed by atoms with Crippen molar-refractivity contribution in [2.75, 3.05) is 34.4 Å². The topological polar surface area (TPSA) is 204 Å². The maximum atomic E-state index is 13.8. The maximum absolute atomic E-state index is 13.8. The molecule has 6 rings (SSSR count). The van der Waals surface area contributed by atoms with Gasteiger partial charge in [0.2, 0.25) is 17.7 Å². The molecule has 5 atom stereocenters. The molecule has 2 fully saturated rings. The van der Waals surface area contributed by atoms with Gasteiger partial charge in [0.05, 0.1) is 56.0 Å². The van der Waals surface area contributed by atoms with E-state index in [1.165, 1.54) is 14.2 Å². The number of aromatic nitrogens is 4. The summed E-state index contributed by atoms with van der Waals surface area (Å²) < 4.78 is 9.50. The standard InChI is InChI=1S/C44H53N9O7/c1-25(2)36(50-43(57)59-6)41(55)52-20-8-9-34(52)38-46-22-32(48-38)29-16-12-27(13-17-29)10-11-28-14-18-30(19-15-28)33-23-47-39(49-33)35-21-31(40(54)45-5)24-53(35)42(56)37(26(3)4)51-44(58)60-7/h12-19,22-23,25-26,31,34-37H,8-9,20-21,24H2,1-7H3,(H,45,54)(H,46,48)(H,47,49)(H,50,57)(H,51,58)/t31?,34-,35-,36-,37-/m0/s1. The third-order valence-corrected chi connectivity index (χ3v) is 11.1. The number of H-pyrrole nitrogens is 2. The van der Waals surface area contributed by atoms with Crippen molar-refractivity contribution >= 4 is 29.9 Å². The lowest BCUT2D eigenvalue weighted by atomic mass is 10.0.